The SMILES string of the molecule is CC(OC(=O)CNC(=O)c1ccc(Cl)cc1Cl)C(=O)N1CCCC1. The van der Waals surface area contributed by atoms with Crippen molar-refractivity contribution in [1.29, 1.82) is 0 Å². The van der Waals surface area contributed by atoms with Gasteiger partial charge in [-0.15, -0.1) is 0 Å². The lowest BCUT2D eigenvalue weighted by Crippen LogP contribution is -2.40. The normalized spacial score (nSPS) is 15.0. The fourth-order valence-electron chi connectivity index (χ4n) is 2.41. The molecule has 0 spiro atoms. The van der Waals surface area contributed by atoms with Crippen molar-refractivity contribution in [2.75, 3.05) is 19.6 Å². The summed E-state index contributed by atoms with van der Waals surface area (Å²) in [7, 11) is 0. The van der Waals surface area contributed by atoms with Gasteiger partial charge < -0.3 is 15.0 Å². The maximum Gasteiger partial charge on any atom is 0.326 e. The van der Waals surface area contributed by atoms with Crippen molar-refractivity contribution < 1.29 is 19.1 Å². The minimum absolute atomic E-state index is 0.186. The van der Waals surface area contributed by atoms with Gasteiger partial charge in [-0.3, -0.25) is 14.4 Å². The van der Waals surface area contributed by atoms with E-state index in [1.807, 2.05) is 0 Å². The number of benzene rings is 1. The van der Waals surface area contributed by atoms with Gasteiger partial charge in [-0.05, 0) is 38.0 Å². The third-order valence-corrected chi connectivity index (χ3v) is 4.19. The molecule has 1 saturated heterocycles. The molecule has 2 amide bonds. The first-order valence-corrected chi connectivity index (χ1v) is 8.35. The van der Waals surface area contributed by atoms with Gasteiger partial charge >= 0.3 is 5.97 Å². The van der Waals surface area contributed by atoms with Gasteiger partial charge in [0, 0.05) is 18.1 Å². The Morgan fingerprint density at radius 1 is 1.25 bits per heavy atom. The molecule has 1 heterocycles. The highest BCUT2D eigenvalue weighted by Gasteiger charge is 2.26. The Morgan fingerprint density at radius 3 is 2.54 bits per heavy atom. The molecule has 1 aromatic rings. The van der Waals surface area contributed by atoms with Crippen molar-refractivity contribution in [3.05, 3.63) is 33.8 Å². The maximum absolute atomic E-state index is 12.0. The summed E-state index contributed by atoms with van der Waals surface area (Å²) in [5.74, 6) is -1.42. The van der Waals surface area contributed by atoms with Crippen LogP contribution >= 0.6 is 23.2 Å². The van der Waals surface area contributed by atoms with Crippen LogP contribution in [0.3, 0.4) is 0 Å². The van der Waals surface area contributed by atoms with Gasteiger partial charge in [0.15, 0.2) is 6.10 Å². The number of carbonyl (C=O) groups excluding carboxylic acids is 3. The molecule has 1 atom stereocenters. The van der Waals surface area contributed by atoms with Crippen molar-refractivity contribution >= 4 is 41.0 Å². The predicted molar refractivity (Wildman–Crippen MR) is 90.2 cm³/mol. The van der Waals surface area contributed by atoms with E-state index in [0.29, 0.717) is 18.1 Å². The van der Waals surface area contributed by atoms with E-state index in [1.54, 1.807) is 4.90 Å². The van der Waals surface area contributed by atoms with Crippen molar-refractivity contribution in [1.82, 2.24) is 10.2 Å². The van der Waals surface area contributed by atoms with E-state index in [-0.39, 0.29) is 23.0 Å². The highest BCUT2D eigenvalue weighted by Crippen LogP contribution is 2.20. The summed E-state index contributed by atoms with van der Waals surface area (Å²) in [5.41, 5.74) is 0.204. The maximum atomic E-state index is 12.0. The van der Waals surface area contributed by atoms with Crippen LogP contribution in [0.2, 0.25) is 10.0 Å². The van der Waals surface area contributed by atoms with E-state index in [9.17, 15) is 14.4 Å². The van der Waals surface area contributed by atoms with Crippen LogP contribution in [0.5, 0.6) is 0 Å². The Kier molecular flexibility index (Phi) is 6.45. The van der Waals surface area contributed by atoms with Crippen molar-refractivity contribution in [2.24, 2.45) is 0 Å². The average molecular weight is 373 g/mol. The molecule has 0 aromatic heterocycles. The lowest BCUT2D eigenvalue weighted by molar-refractivity contribution is -0.157. The number of hydrogen-bond donors (Lipinski definition) is 1. The fourth-order valence-corrected chi connectivity index (χ4v) is 2.90. The van der Waals surface area contributed by atoms with Crippen LogP contribution in [0.1, 0.15) is 30.1 Å². The second kappa shape index (κ2) is 8.35. The summed E-state index contributed by atoms with van der Waals surface area (Å²) in [6, 6.07) is 4.43. The van der Waals surface area contributed by atoms with Gasteiger partial charge in [0.1, 0.15) is 6.54 Å². The summed E-state index contributed by atoms with van der Waals surface area (Å²) in [6.07, 6.45) is 1.06. The Morgan fingerprint density at radius 2 is 1.92 bits per heavy atom. The molecule has 0 radical (unpaired) electrons. The highest BCUT2D eigenvalue weighted by atomic mass is 35.5. The Bertz CT molecular complexity index is 645. The zero-order valence-electron chi connectivity index (χ0n) is 13.2. The van der Waals surface area contributed by atoms with Crippen LogP contribution in [0.25, 0.3) is 0 Å². The molecule has 1 aliphatic heterocycles. The number of nitrogens with one attached hydrogen (secondary N) is 1. The molecule has 1 aliphatic rings. The lowest BCUT2D eigenvalue weighted by Gasteiger charge is -2.20. The van der Waals surface area contributed by atoms with E-state index in [0.717, 1.165) is 12.8 Å². The number of nitrogens with zero attached hydrogens (tertiary/aromatic N) is 1. The topological polar surface area (TPSA) is 75.7 Å². The number of amides is 2. The number of esters is 1. The monoisotopic (exact) mass is 372 g/mol. The first-order chi connectivity index (χ1) is 11.4. The molecule has 1 N–H and O–H groups in total. The van der Waals surface area contributed by atoms with Crippen molar-refractivity contribution in [3.63, 3.8) is 0 Å². The second-order valence-electron chi connectivity index (χ2n) is 5.47. The van der Waals surface area contributed by atoms with E-state index in [1.165, 1.54) is 25.1 Å². The molecule has 0 aliphatic carbocycles. The molecular formula is C16H18Cl2N2O4. The summed E-state index contributed by atoms with van der Waals surface area (Å²) < 4.78 is 5.06. The van der Waals surface area contributed by atoms with Crippen LogP contribution < -0.4 is 5.32 Å². The van der Waals surface area contributed by atoms with E-state index < -0.39 is 18.0 Å². The molecule has 24 heavy (non-hydrogen) atoms. The molecule has 0 bridgehead atoms. The first-order valence-electron chi connectivity index (χ1n) is 7.60. The quantitative estimate of drug-likeness (QED) is 0.804. The highest BCUT2D eigenvalue weighted by molar-refractivity contribution is 6.36. The van der Waals surface area contributed by atoms with Gasteiger partial charge in [-0.2, -0.15) is 0 Å². The molecule has 130 valence electrons. The molecule has 6 nitrogen and oxygen atoms in total. The van der Waals surface area contributed by atoms with Crippen molar-refractivity contribution in [2.45, 2.75) is 25.9 Å². The van der Waals surface area contributed by atoms with Gasteiger partial charge in [-0.25, -0.2) is 0 Å². The molecular weight excluding hydrogens is 355 g/mol. The Labute approximate surface area is 150 Å². The zero-order chi connectivity index (χ0) is 17.7. The third kappa shape index (κ3) is 4.85. The molecule has 1 unspecified atom stereocenters. The average Bonchev–Trinajstić information content (AvgIpc) is 3.06. The van der Waals surface area contributed by atoms with E-state index in [4.69, 9.17) is 27.9 Å². The van der Waals surface area contributed by atoms with Gasteiger partial charge in [0.2, 0.25) is 0 Å². The van der Waals surface area contributed by atoms with E-state index in [2.05, 4.69) is 5.32 Å². The number of rotatable bonds is 5. The molecule has 8 heteroatoms. The standard InChI is InChI=1S/C16H18Cl2N2O4/c1-10(16(23)20-6-2-3-7-20)24-14(21)9-19-15(22)12-5-4-11(17)8-13(12)18/h4-5,8,10H,2-3,6-7,9H2,1H3,(H,19,22). The molecule has 1 fully saturated rings. The van der Waals surface area contributed by atoms with E-state index >= 15 is 0 Å². The minimum Gasteiger partial charge on any atom is -0.451 e. The number of halogens is 2. The van der Waals surface area contributed by atoms with Crippen LogP contribution in [-0.2, 0) is 14.3 Å². The smallest absolute Gasteiger partial charge is 0.326 e. The number of ether oxygens (including phenoxy) is 1. The van der Waals surface area contributed by atoms with Crippen LogP contribution in [0, 0.1) is 0 Å². The van der Waals surface area contributed by atoms with Crippen molar-refractivity contribution in [3.8, 4) is 0 Å². The molecule has 1 aromatic carbocycles. The number of likely N-dealkylation sites (tertiary alicyclic amines) is 1. The summed E-state index contributed by atoms with van der Waals surface area (Å²) >= 11 is 11.7. The lowest BCUT2D eigenvalue weighted by atomic mass is 10.2. The van der Waals surface area contributed by atoms with Crippen LogP contribution in [0.4, 0.5) is 0 Å². The van der Waals surface area contributed by atoms with Crippen LogP contribution in [-0.4, -0.2) is 48.4 Å². The zero-order valence-corrected chi connectivity index (χ0v) is 14.7. The largest absolute Gasteiger partial charge is 0.451 e. The first kappa shape index (κ1) is 18.5. The molecule has 0 saturated carbocycles. The Hall–Kier alpha value is -1.79. The van der Waals surface area contributed by atoms with Gasteiger partial charge in [0.05, 0.1) is 10.6 Å². The third-order valence-electron chi connectivity index (χ3n) is 3.64. The summed E-state index contributed by atoms with van der Waals surface area (Å²) in [5, 5.41) is 3.00. The fraction of sp³-hybridized carbons (Fsp3) is 0.438. The Balaban J connectivity index is 1.81. The van der Waals surface area contributed by atoms with Crippen LogP contribution in [0.15, 0.2) is 18.2 Å². The summed E-state index contributed by atoms with van der Waals surface area (Å²) in [6.45, 7) is 2.55. The minimum atomic E-state index is -0.869. The number of carbonyl (C=O) groups is 3. The number of hydrogen-bond acceptors (Lipinski definition) is 4. The van der Waals surface area contributed by atoms with Gasteiger partial charge in [-0.1, -0.05) is 23.2 Å². The van der Waals surface area contributed by atoms with Gasteiger partial charge in [0.25, 0.3) is 11.8 Å². The summed E-state index contributed by atoms with van der Waals surface area (Å²) in [4.78, 5) is 37.5. The predicted octanol–water partition coefficient (Wildman–Crippen LogP) is 2.28. The second-order valence-corrected chi connectivity index (χ2v) is 6.31. The molecule has 2 rings (SSSR count).